The predicted molar refractivity (Wildman–Crippen MR) is 152 cm³/mol. The maximum atomic E-state index is 13.8. The number of aromatic amines is 1. The molecule has 3 atom stereocenters. The molecule has 0 aliphatic carbocycles. The lowest BCUT2D eigenvalue weighted by Gasteiger charge is -2.38. The van der Waals surface area contributed by atoms with Crippen molar-refractivity contribution < 1.29 is 27.9 Å². The Labute approximate surface area is 233 Å². The fourth-order valence-corrected chi connectivity index (χ4v) is 6.47. The highest BCUT2D eigenvalue weighted by Gasteiger charge is 2.37. The van der Waals surface area contributed by atoms with E-state index in [0.29, 0.717) is 37.1 Å². The molecule has 4 rings (SSSR count). The van der Waals surface area contributed by atoms with Gasteiger partial charge in [-0.25, -0.2) is 18.2 Å². The first kappa shape index (κ1) is 29.2. The fourth-order valence-electron chi connectivity index (χ4n) is 5.02. The number of amides is 1. The number of benzene rings is 2. The standard InChI is InChI=1S/C27H36N6O6S/c1-18-12-16-33(24(17-18)39-27(35)36)25(34)21(9-6-13-28-26-29-14-15-30-26)31-40(37,38)23-11-5-7-19-20(23)8-4-10-22(19)32(2)3/h4-5,7-8,10-11,14-15,18,21,24,31H,6,9,12-13,16-17H2,1-3H3,(H,35,36)(H2,28,29,30)/t18-,21+,24-/m1/s1. The van der Waals surface area contributed by atoms with Gasteiger partial charge in [0.1, 0.15) is 6.04 Å². The van der Waals surface area contributed by atoms with Crippen molar-refractivity contribution in [3.8, 4) is 0 Å². The Hall–Kier alpha value is -3.84. The van der Waals surface area contributed by atoms with Gasteiger partial charge in [0.25, 0.3) is 0 Å². The molecule has 1 amide bonds. The molecule has 0 saturated carbocycles. The number of sulfonamides is 1. The van der Waals surface area contributed by atoms with Crippen molar-refractivity contribution >= 4 is 44.5 Å². The molecule has 1 aliphatic rings. The van der Waals surface area contributed by atoms with Crippen LogP contribution in [0.4, 0.5) is 16.4 Å². The quantitative estimate of drug-likeness (QED) is 0.200. The zero-order valence-corrected chi connectivity index (χ0v) is 23.6. The minimum Gasteiger partial charge on any atom is -0.450 e. The molecule has 0 unspecified atom stereocenters. The van der Waals surface area contributed by atoms with Crippen molar-refractivity contribution in [3.63, 3.8) is 0 Å². The number of hydrogen-bond acceptors (Lipinski definition) is 8. The molecule has 0 spiro atoms. The number of nitrogens with zero attached hydrogens (tertiary/aromatic N) is 3. The molecule has 40 heavy (non-hydrogen) atoms. The third kappa shape index (κ3) is 6.83. The van der Waals surface area contributed by atoms with E-state index in [4.69, 9.17) is 4.74 Å². The number of carbonyl (C=O) groups is 2. The molecule has 2 heterocycles. The Morgan fingerprint density at radius 3 is 2.67 bits per heavy atom. The maximum Gasteiger partial charge on any atom is 0.507 e. The van der Waals surface area contributed by atoms with E-state index in [1.165, 1.54) is 11.0 Å². The van der Waals surface area contributed by atoms with Crippen molar-refractivity contribution in [2.45, 2.75) is 49.8 Å². The monoisotopic (exact) mass is 572 g/mol. The number of anilines is 2. The summed E-state index contributed by atoms with van der Waals surface area (Å²) in [6, 6.07) is 9.36. The molecular weight excluding hydrogens is 536 g/mol. The van der Waals surface area contributed by atoms with Crippen LogP contribution in [0.15, 0.2) is 53.7 Å². The molecule has 1 fully saturated rings. The second-order valence-electron chi connectivity index (χ2n) is 10.2. The van der Waals surface area contributed by atoms with Crippen LogP contribution in [0.25, 0.3) is 10.8 Å². The summed E-state index contributed by atoms with van der Waals surface area (Å²) < 4.78 is 35.3. The summed E-state index contributed by atoms with van der Waals surface area (Å²) in [5, 5.41) is 13.7. The first-order valence-electron chi connectivity index (χ1n) is 13.2. The smallest absolute Gasteiger partial charge is 0.450 e. The number of fused-ring (bicyclic) bond motifs is 1. The van der Waals surface area contributed by atoms with Crippen LogP contribution in [-0.4, -0.2) is 79.9 Å². The van der Waals surface area contributed by atoms with Gasteiger partial charge in [0, 0.05) is 62.5 Å². The van der Waals surface area contributed by atoms with Gasteiger partial charge in [-0.05, 0) is 37.3 Å². The van der Waals surface area contributed by atoms with Crippen molar-refractivity contribution in [1.82, 2.24) is 19.6 Å². The molecule has 0 radical (unpaired) electrons. The second-order valence-corrected chi connectivity index (χ2v) is 11.9. The number of H-pyrrole nitrogens is 1. The third-order valence-electron chi connectivity index (χ3n) is 7.02. The Morgan fingerprint density at radius 2 is 1.98 bits per heavy atom. The topological polar surface area (TPSA) is 157 Å². The molecule has 216 valence electrons. The van der Waals surface area contributed by atoms with Crippen LogP contribution in [0.3, 0.4) is 0 Å². The maximum absolute atomic E-state index is 13.8. The Bertz CT molecular complexity index is 1430. The van der Waals surface area contributed by atoms with Crippen LogP contribution in [0.5, 0.6) is 0 Å². The normalized spacial score (nSPS) is 18.3. The fraction of sp³-hybridized carbons (Fsp3) is 0.444. The van der Waals surface area contributed by atoms with E-state index >= 15 is 0 Å². The van der Waals surface area contributed by atoms with Crippen LogP contribution in [0.2, 0.25) is 0 Å². The minimum absolute atomic E-state index is 0.0609. The van der Waals surface area contributed by atoms with E-state index in [1.54, 1.807) is 30.6 Å². The van der Waals surface area contributed by atoms with Gasteiger partial charge >= 0.3 is 6.16 Å². The Morgan fingerprint density at radius 1 is 1.23 bits per heavy atom. The van der Waals surface area contributed by atoms with E-state index in [2.05, 4.69) is 20.0 Å². The third-order valence-corrected chi connectivity index (χ3v) is 8.55. The molecule has 1 aliphatic heterocycles. The lowest BCUT2D eigenvalue weighted by atomic mass is 9.96. The van der Waals surface area contributed by atoms with Gasteiger partial charge in [0.15, 0.2) is 12.2 Å². The lowest BCUT2D eigenvalue weighted by molar-refractivity contribution is -0.149. The highest BCUT2D eigenvalue weighted by Crippen LogP contribution is 2.31. The number of likely N-dealkylation sites (tertiary alicyclic amines) is 1. The molecule has 3 aromatic rings. The number of imidazole rings is 1. The van der Waals surface area contributed by atoms with Crippen LogP contribution < -0.4 is 14.9 Å². The molecular formula is C27H36N6O6S. The highest BCUT2D eigenvalue weighted by molar-refractivity contribution is 7.89. The van der Waals surface area contributed by atoms with Crippen LogP contribution in [0.1, 0.15) is 32.6 Å². The summed E-state index contributed by atoms with van der Waals surface area (Å²) in [5.74, 6) is 0.201. The summed E-state index contributed by atoms with van der Waals surface area (Å²) in [6.45, 7) is 2.66. The Balaban J connectivity index is 1.62. The van der Waals surface area contributed by atoms with Gasteiger partial charge in [0.05, 0.1) is 4.90 Å². The molecule has 4 N–H and O–H groups in total. The molecule has 0 bridgehead atoms. The summed E-state index contributed by atoms with van der Waals surface area (Å²) >= 11 is 0. The zero-order chi connectivity index (χ0) is 28.9. The van der Waals surface area contributed by atoms with Crippen molar-refractivity contribution in [3.05, 3.63) is 48.8 Å². The number of rotatable bonds is 11. The molecule has 1 aromatic heterocycles. The van der Waals surface area contributed by atoms with Gasteiger partial charge in [-0.15, -0.1) is 0 Å². The first-order chi connectivity index (χ1) is 19.1. The van der Waals surface area contributed by atoms with E-state index in [9.17, 15) is 23.1 Å². The molecule has 13 heteroatoms. The van der Waals surface area contributed by atoms with E-state index in [-0.39, 0.29) is 23.8 Å². The largest absolute Gasteiger partial charge is 0.507 e. The summed E-state index contributed by atoms with van der Waals surface area (Å²) in [4.78, 5) is 35.5. The second kappa shape index (κ2) is 12.6. The van der Waals surface area contributed by atoms with Gasteiger partial charge in [0.2, 0.25) is 15.9 Å². The summed E-state index contributed by atoms with van der Waals surface area (Å²) in [6.07, 6.45) is 2.42. The van der Waals surface area contributed by atoms with Gasteiger partial charge < -0.3 is 29.9 Å². The van der Waals surface area contributed by atoms with Crippen molar-refractivity contribution in [2.24, 2.45) is 5.92 Å². The summed E-state index contributed by atoms with van der Waals surface area (Å²) in [7, 11) is -0.389. The van der Waals surface area contributed by atoms with Crippen LogP contribution in [0, 0.1) is 5.92 Å². The first-order valence-corrected chi connectivity index (χ1v) is 14.7. The number of carboxylic acid groups (broad SMARTS) is 1. The van der Waals surface area contributed by atoms with Crippen molar-refractivity contribution in [2.75, 3.05) is 37.4 Å². The molecule has 1 saturated heterocycles. The van der Waals surface area contributed by atoms with Crippen LogP contribution in [-0.2, 0) is 19.6 Å². The van der Waals surface area contributed by atoms with Crippen molar-refractivity contribution in [1.29, 1.82) is 0 Å². The van der Waals surface area contributed by atoms with E-state index in [0.717, 1.165) is 11.1 Å². The molecule has 12 nitrogen and oxygen atoms in total. The average Bonchev–Trinajstić information content (AvgIpc) is 3.42. The summed E-state index contributed by atoms with van der Waals surface area (Å²) in [5.41, 5.74) is 0.863. The molecule has 2 aromatic carbocycles. The van der Waals surface area contributed by atoms with E-state index in [1.807, 2.05) is 38.1 Å². The number of nitrogens with one attached hydrogen (secondary N) is 3. The SMILES string of the molecule is C[C@@H]1CCN(C(=O)[C@H](CCCNc2ncc[nH]2)NS(=O)(=O)c2cccc3c(N(C)C)cccc23)[C@H](OC(=O)O)C1. The Kier molecular flexibility index (Phi) is 9.15. The van der Waals surface area contributed by atoms with E-state index < -0.39 is 34.4 Å². The minimum atomic E-state index is -4.16. The van der Waals surface area contributed by atoms with Gasteiger partial charge in [-0.1, -0.05) is 31.2 Å². The number of carbonyl (C=O) groups excluding carboxylic acids is 1. The highest BCUT2D eigenvalue weighted by atomic mass is 32.2. The number of ether oxygens (including phenoxy) is 1. The van der Waals surface area contributed by atoms with Gasteiger partial charge in [-0.2, -0.15) is 4.72 Å². The van der Waals surface area contributed by atoms with Gasteiger partial charge in [-0.3, -0.25) is 4.79 Å². The number of piperidine rings is 1. The lowest BCUT2D eigenvalue weighted by Crippen LogP contribution is -2.55. The van der Waals surface area contributed by atoms with Crippen LogP contribution >= 0.6 is 0 Å². The predicted octanol–water partition coefficient (Wildman–Crippen LogP) is 3.45. The number of hydrogen-bond donors (Lipinski definition) is 4. The number of aromatic nitrogens is 2. The zero-order valence-electron chi connectivity index (χ0n) is 22.8. The average molecular weight is 573 g/mol.